The molecule has 1 aliphatic heterocycles. The molecule has 2 rings (SSSR count). The van der Waals surface area contributed by atoms with Crippen LogP contribution in [0, 0.1) is 0 Å². The van der Waals surface area contributed by atoms with Crippen molar-refractivity contribution in [2.75, 3.05) is 40.3 Å². The van der Waals surface area contributed by atoms with Gasteiger partial charge >= 0.3 is 6.18 Å². The minimum atomic E-state index is -4.17. The molecule has 0 radical (unpaired) electrons. The molecule has 1 heterocycles. The smallest absolute Gasteiger partial charge is 0.401 e. The van der Waals surface area contributed by atoms with Crippen LogP contribution in [-0.4, -0.2) is 68.5 Å². The first-order chi connectivity index (χ1) is 12.3. The van der Waals surface area contributed by atoms with E-state index in [2.05, 4.69) is 15.6 Å². The third-order valence-corrected chi connectivity index (χ3v) is 4.22. The second-order valence-electron chi connectivity index (χ2n) is 6.22. The molecule has 1 aliphatic rings. The van der Waals surface area contributed by atoms with Crippen molar-refractivity contribution in [3.8, 4) is 11.5 Å². The number of hydrogen-bond acceptors (Lipinski definition) is 4. The second kappa shape index (κ2) is 10.8. The number of benzene rings is 1. The largest absolute Gasteiger partial charge is 0.508 e. The van der Waals surface area contributed by atoms with Crippen LogP contribution in [0.5, 0.6) is 11.5 Å². The Labute approximate surface area is 174 Å². The highest BCUT2D eigenvalue weighted by molar-refractivity contribution is 14.0. The number of likely N-dealkylation sites (tertiary alicyclic amines) is 1. The summed E-state index contributed by atoms with van der Waals surface area (Å²) in [6.07, 6.45) is -2.97. The van der Waals surface area contributed by atoms with Crippen LogP contribution in [0.4, 0.5) is 13.2 Å². The summed E-state index contributed by atoms with van der Waals surface area (Å²) in [5.74, 6) is 1.28. The van der Waals surface area contributed by atoms with Gasteiger partial charge in [-0.3, -0.25) is 9.89 Å². The number of hydrogen-bond donors (Lipinski definition) is 3. The van der Waals surface area contributed by atoms with Crippen LogP contribution in [0.15, 0.2) is 23.2 Å². The second-order valence-corrected chi connectivity index (χ2v) is 6.22. The van der Waals surface area contributed by atoms with E-state index >= 15 is 0 Å². The van der Waals surface area contributed by atoms with Gasteiger partial charge in [0.15, 0.2) is 5.96 Å². The Morgan fingerprint density at radius 2 is 2.15 bits per heavy atom. The molecule has 1 unspecified atom stereocenters. The van der Waals surface area contributed by atoms with Crippen LogP contribution >= 0.6 is 24.0 Å². The molecule has 27 heavy (non-hydrogen) atoms. The molecular weight excluding hydrogens is 476 g/mol. The predicted octanol–water partition coefficient (Wildman–Crippen LogP) is 2.36. The molecule has 0 amide bonds. The molecule has 0 bridgehead atoms. The molecule has 1 saturated heterocycles. The van der Waals surface area contributed by atoms with Crippen molar-refractivity contribution < 1.29 is 23.0 Å². The topological polar surface area (TPSA) is 69.1 Å². The number of methoxy groups -OCH3 is 1. The van der Waals surface area contributed by atoms with Crippen molar-refractivity contribution in [1.29, 1.82) is 0 Å². The number of guanidine groups is 1. The van der Waals surface area contributed by atoms with Gasteiger partial charge in [0.25, 0.3) is 0 Å². The SMILES string of the molecule is CN=C(NCCc1ccc(OC)cc1O)NC1CCN(CC(F)(F)F)C1.I. The lowest BCUT2D eigenvalue weighted by Gasteiger charge is -2.20. The average Bonchev–Trinajstić information content (AvgIpc) is 3.00. The number of halogens is 4. The summed E-state index contributed by atoms with van der Waals surface area (Å²) in [4.78, 5) is 5.49. The van der Waals surface area contributed by atoms with E-state index in [4.69, 9.17) is 4.74 Å². The van der Waals surface area contributed by atoms with Crippen LogP contribution in [0.2, 0.25) is 0 Å². The summed E-state index contributed by atoms with van der Waals surface area (Å²) in [6.45, 7) is 0.389. The van der Waals surface area contributed by atoms with E-state index < -0.39 is 12.7 Å². The van der Waals surface area contributed by atoms with E-state index in [1.54, 1.807) is 25.2 Å². The highest BCUT2D eigenvalue weighted by Gasteiger charge is 2.34. The van der Waals surface area contributed by atoms with Gasteiger partial charge < -0.3 is 20.5 Å². The number of phenols is 1. The first-order valence-corrected chi connectivity index (χ1v) is 8.43. The van der Waals surface area contributed by atoms with Crippen molar-refractivity contribution in [3.63, 3.8) is 0 Å². The molecule has 1 fully saturated rings. The van der Waals surface area contributed by atoms with Gasteiger partial charge in [0.05, 0.1) is 13.7 Å². The molecular formula is C17H26F3IN4O2. The molecule has 1 aromatic carbocycles. The molecule has 0 spiro atoms. The number of aliphatic imine (C=N–C) groups is 1. The Morgan fingerprint density at radius 1 is 1.41 bits per heavy atom. The van der Waals surface area contributed by atoms with E-state index in [1.807, 2.05) is 0 Å². The highest BCUT2D eigenvalue weighted by atomic mass is 127. The van der Waals surface area contributed by atoms with Gasteiger partial charge in [-0.15, -0.1) is 24.0 Å². The summed E-state index contributed by atoms with van der Waals surface area (Å²) < 4.78 is 42.4. The van der Waals surface area contributed by atoms with Crippen LogP contribution < -0.4 is 15.4 Å². The van der Waals surface area contributed by atoms with E-state index in [0.29, 0.717) is 44.2 Å². The van der Waals surface area contributed by atoms with Crippen molar-refractivity contribution >= 4 is 29.9 Å². The number of alkyl halides is 3. The standard InChI is InChI=1S/C17H25F3N4O2.HI/c1-21-16(23-13-6-8-24(10-13)11-17(18,19)20)22-7-5-12-3-4-14(26-2)9-15(12)25;/h3-4,9,13,25H,5-8,10-11H2,1-2H3,(H2,21,22,23);1H. The maximum atomic E-state index is 12.4. The number of rotatable bonds is 6. The summed E-state index contributed by atoms with van der Waals surface area (Å²) >= 11 is 0. The molecule has 1 aromatic rings. The summed E-state index contributed by atoms with van der Waals surface area (Å²) in [5.41, 5.74) is 0.769. The lowest BCUT2D eigenvalue weighted by atomic mass is 10.1. The molecule has 0 aromatic heterocycles. The minimum absolute atomic E-state index is 0. The van der Waals surface area contributed by atoms with E-state index in [-0.39, 0.29) is 35.8 Å². The molecule has 6 nitrogen and oxygen atoms in total. The molecule has 154 valence electrons. The first kappa shape index (κ1) is 23.6. The summed E-state index contributed by atoms with van der Waals surface area (Å²) in [5, 5.41) is 16.2. The molecule has 0 aliphatic carbocycles. The summed E-state index contributed by atoms with van der Waals surface area (Å²) in [7, 11) is 3.15. The van der Waals surface area contributed by atoms with Crippen molar-refractivity contribution in [2.24, 2.45) is 4.99 Å². The molecule has 3 N–H and O–H groups in total. The Hall–Kier alpha value is -1.43. The van der Waals surface area contributed by atoms with Crippen LogP contribution in [0.25, 0.3) is 0 Å². The van der Waals surface area contributed by atoms with E-state index in [0.717, 1.165) is 5.56 Å². The van der Waals surface area contributed by atoms with Gasteiger partial charge in [0.1, 0.15) is 11.5 Å². The highest BCUT2D eigenvalue weighted by Crippen LogP contribution is 2.23. The maximum Gasteiger partial charge on any atom is 0.401 e. The van der Waals surface area contributed by atoms with Crippen LogP contribution in [0.3, 0.4) is 0 Å². The number of phenolic OH excluding ortho intramolecular Hbond substituents is 1. The fourth-order valence-electron chi connectivity index (χ4n) is 2.93. The van der Waals surface area contributed by atoms with Gasteiger partial charge in [-0.2, -0.15) is 13.2 Å². The first-order valence-electron chi connectivity index (χ1n) is 8.43. The quantitative estimate of drug-likeness (QED) is 0.317. The van der Waals surface area contributed by atoms with Gasteiger partial charge in [-0.1, -0.05) is 6.07 Å². The van der Waals surface area contributed by atoms with Gasteiger partial charge in [-0.05, 0) is 24.5 Å². The molecule has 1 atom stereocenters. The fourth-order valence-corrected chi connectivity index (χ4v) is 2.93. The van der Waals surface area contributed by atoms with E-state index in [1.165, 1.54) is 12.0 Å². The third-order valence-electron chi connectivity index (χ3n) is 4.22. The fraction of sp³-hybridized carbons (Fsp3) is 0.588. The van der Waals surface area contributed by atoms with Crippen molar-refractivity contribution in [2.45, 2.75) is 25.1 Å². The zero-order valence-electron chi connectivity index (χ0n) is 15.3. The normalized spacial score (nSPS) is 18.1. The predicted molar refractivity (Wildman–Crippen MR) is 109 cm³/mol. The zero-order chi connectivity index (χ0) is 19.2. The summed E-state index contributed by atoms with van der Waals surface area (Å²) in [6, 6.07) is 5.04. The lowest BCUT2D eigenvalue weighted by Crippen LogP contribution is -2.45. The zero-order valence-corrected chi connectivity index (χ0v) is 17.7. The monoisotopic (exact) mass is 502 g/mol. The molecule has 10 heteroatoms. The third kappa shape index (κ3) is 7.99. The lowest BCUT2D eigenvalue weighted by molar-refractivity contribution is -0.143. The minimum Gasteiger partial charge on any atom is -0.508 e. The Balaban J connectivity index is 0.00000364. The Kier molecular flexibility index (Phi) is 9.43. The number of ether oxygens (including phenoxy) is 1. The van der Waals surface area contributed by atoms with Crippen molar-refractivity contribution in [3.05, 3.63) is 23.8 Å². The van der Waals surface area contributed by atoms with Gasteiger partial charge in [0, 0.05) is 38.8 Å². The van der Waals surface area contributed by atoms with Crippen molar-refractivity contribution in [1.82, 2.24) is 15.5 Å². The number of nitrogens with zero attached hydrogens (tertiary/aromatic N) is 2. The number of nitrogens with one attached hydrogen (secondary N) is 2. The molecule has 0 saturated carbocycles. The van der Waals surface area contributed by atoms with E-state index in [9.17, 15) is 18.3 Å². The maximum absolute atomic E-state index is 12.4. The Bertz CT molecular complexity index is 629. The Morgan fingerprint density at radius 3 is 2.74 bits per heavy atom. The number of aromatic hydroxyl groups is 1. The van der Waals surface area contributed by atoms with Crippen LogP contribution in [-0.2, 0) is 6.42 Å². The van der Waals surface area contributed by atoms with Gasteiger partial charge in [-0.25, -0.2) is 0 Å². The van der Waals surface area contributed by atoms with Gasteiger partial charge in [0.2, 0.25) is 0 Å². The average molecular weight is 502 g/mol. The van der Waals surface area contributed by atoms with Crippen LogP contribution in [0.1, 0.15) is 12.0 Å².